The van der Waals surface area contributed by atoms with Gasteiger partial charge in [-0.3, -0.25) is 4.79 Å². The van der Waals surface area contributed by atoms with Crippen molar-refractivity contribution >= 4 is 5.97 Å². The smallest absolute Gasteiger partial charge is 0.320 e. The van der Waals surface area contributed by atoms with Crippen molar-refractivity contribution in [2.45, 2.75) is 19.4 Å². The van der Waals surface area contributed by atoms with Crippen molar-refractivity contribution in [3.05, 3.63) is 0 Å². The summed E-state index contributed by atoms with van der Waals surface area (Å²) in [5.74, 6) is -0.970. The molecule has 0 aliphatic rings. The molecule has 1 unspecified atom stereocenters. The first-order valence-electron chi connectivity index (χ1n) is 2.62. The van der Waals surface area contributed by atoms with Crippen molar-refractivity contribution in [1.29, 1.82) is 0 Å². The highest BCUT2D eigenvalue weighted by Crippen LogP contribution is 1.82. The summed E-state index contributed by atoms with van der Waals surface area (Å²) in [4.78, 5) is 9.98. The number of nitrogens with two attached hydrogens (primary N) is 1. The predicted octanol–water partition coefficient (Wildman–Crippen LogP) is -0.192. The summed E-state index contributed by atoms with van der Waals surface area (Å²) in [6, 6.07) is -0.713. The number of carbonyl (C=O) groups is 1. The van der Waals surface area contributed by atoms with E-state index < -0.39 is 12.0 Å². The van der Waals surface area contributed by atoms with Crippen LogP contribution in [0, 0.1) is 0 Å². The lowest BCUT2D eigenvalue weighted by atomic mass is 10.2. The molecule has 0 bridgehead atoms. The molecule has 0 radical (unpaired) electrons. The van der Waals surface area contributed by atoms with Crippen LogP contribution in [0.3, 0.4) is 0 Å². The molecule has 0 saturated carbocycles. The SMILES string of the molecule is [3H]NC(CC)C(=O)O. The number of hydrogen-bond donors (Lipinski definition) is 2. The monoisotopic (exact) mass is 105 g/mol. The first kappa shape index (κ1) is 4.59. The van der Waals surface area contributed by atoms with Gasteiger partial charge in [0.25, 0.3) is 0 Å². The van der Waals surface area contributed by atoms with Crippen LogP contribution in [0.5, 0.6) is 0 Å². The van der Waals surface area contributed by atoms with E-state index in [1.54, 1.807) is 6.92 Å². The minimum atomic E-state index is -0.970. The fourth-order valence-electron chi connectivity index (χ4n) is 0.175. The highest BCUT2D eigenvalue weighted by atomic mass is 16.4. The summed E-state index contributed by atoms with van der Waals surface area (Å²) in [7, 11) is 0. The quantitative estimate of drug-likeness (QED) is 0.522. The molecule has 0 heterocycles. The fourth-order valence-corrected chi connectivity index (χ4v) is 0.175. The average molecular weight is 105 g/mol. The van der Waals surface area contributed by atoms with Crippen LogP contribution in [0.1, 0.15) is 13.3 Å². The van der Waals surface area contributed by atoms with E-state index in [1.165, 1.54) is 0 Å². The molecule has 0 aliphatic carbocycles. The first-order chi connectivity index (χ1) is 3.72. The molecule has 3 N–H and O–H groups in total. The number of hydrogen-bond acceptors (Lipinski definition) is 2. The van der Waals surface area contributed by atoms with Gasteiger partial charge in [-0.1, -0.05) is 6.92 Å². The van der Waals surface area contributed by atoms with Gasteiger partial charge in [0.15, 0.2) is 0 Å². The van der Waals surface area contributed by atoms with Crippen molar-refractivity contribution in [1.82, 2.24) is 0 Å². The maximum absolute atomic E-state index is 9.98. The average Bonchev–Trinajstić information content (AvgIpc) is 1.69. The van der Waals surface area contributed by atoms with Crippen LogP contribution in [0.2, 0.25) is 1.41 Å². The topological polar surface area (TPSA) is 63.3 Å². The zero-order valence-corrected chi connectivity index (χ0v) is 4.14. The Bertz CT molecular complexity index is 82.1. The maximum Gasteiger partial charge on any atom is 0.320 e. The molecule has 0 fully saturated rings. The second-order valence-electron chi connectivity index (χ2n) is 1.30. The van der Waals surface area contributed by atoms with Gasteiger partial charge in [0.05, 0.1) is 0 Å². The third-order valence-electron chi connectivity index (χ3n) is 0.706. The van der Waals surface area contributed by atoms with Gasteiger partial charge >= 0.3 is 5.97 Å². The van der Waals surface area contributed by atoms with E-state index in [2.05, 4.69) is 0 Å². The zero-order chi connectivity index (χ0) is 6.57. The summed E-state index contributed by atoms with van der Waals surface area (Å²) in [5, 5.41) is 8.19. The lowest BCUT2D eigenvalue weighted by Crippen LogP contribution is -2.28. The molecule has 7 heavy (non-hydrogen) atoms. The molecule has 0 aliphatic heterocycles. The lowest BCUT2D eigenvalue weighted by molar-refractivity contribution is -0.138. The Balaban J connectivity index is 3.52. The van der Waals surface area contributed by atoms with Gasteiger partial charge in [0.1, 0.15) is 7.45 Å². The molecule has 0 saturated heterocycles. The molecule has 3 nitrogen and oxygen atoms in total. The highest BCUT2D eigenvalue weighted by Gasteiger charge is 2.05. The normalized spacial score (nSPS) is 15.3. The molecule has 0 aromatic carbocycles. The van der Waals surface area contributed by atoms with Gasteiger partial charge in [-0.05, 0) is 6.42 Å². The Morgan fingerprint density at radius 1 is 2.29 bits per heavy atom. The Morgan fingerprint density at radius 2 is 2.86 bits per heavy atom. The van der Waals surface area contributed by atoms with Crippen molar-refractivity contribution in [2.24, 2.45) is 5.73 Å². The summed E-state index contributed by atoms with van der Waals surface area (Å²) >= 11 is 0. The van der Waals surface area contributed by atoms with Crippen LogP contribution in [0.15, 0.2) is 0 Å². The molecular formula is C4H9NO2. The van der Waals surface area contributed by atoms with E-state index in [0.717, 1.165) is 0 Å². The molecule has 42 valence electrons. The third kappa shape index (κ3) is 2.17. The van der Waals surface area contributed by atoms with Gasteiger partial charge in [-0.15, -0.1) is 0 Å². The highest BCUT2D eigenvalue weighted by molar-refractivity contribution is 5.72. The van der Waals surface area contributed by atoms with Gasteiger partial charge < -0.3 is 10.8 Å². The van der Waals surface area contributed by atoms with Crippen molar-refractivity contribution < 1.29 is 11.3 Å². The second-order valence-corrected chi connectivity index (χ2v) is 1.30. The van der Waals surface area contributed by atoms with Gasteiger partial charge in [-0.2, -0.15) is 0 Å². The molecule has 3 heteroatoms. The third-order valence-corrected chi connectivity index (χ3v) is 0.706. The Kier molecular flexibility index (Phi) is 1.69. The zero-order valence-electron chi connectivity index (χ0n) is 5.14. The minimum absolute atomic E-state index is 0.443. The van der Waals surface area contributed by atoms with Gasteiger partial charge in [0, 0.05) is 0 Å². The molecule has 0 aromatic rings. The van der Waals surface area contributed by atoms with Gasteiger partial charge in [0.2, 0.25) is 0 Å². The summed E-state index contributed by atoms with van der Waals surface area (Å²) in [6.45, 7) is 1.71. The van der Waals surface area contributed by atoms with Crippen molar-refractivity contribution in [3.8, 4) is 0 Å². The van der Waals surface area contributed by atoms with Crippen molar-refractivity contribution in [2.75, 3.05) is 0 Å². The summed E-state index contributed by atoms with van der Waals surface area (Å²) < 4.78 is 6.46. The second kappa shape index (κ2) is 2.58. The molecule has 1 atom stereocenters. The summed E-state index contributed by atoms with van der Waals surface area (Å²) in [5.41, 5.74) is 1.90. The fraction of sp³-hybridized carbons (Fsp3) is 0.750. The van der Waals surface area contributed by atoms with Gasteiger partial charge in [-0.25, -0.2) is 0 Å². The predicted molar refractivity (Wildman–Crippen MR) is 25.9 cm³/mol. The van der Waals surface area contributed by atoms with E-state index >= 15 is 0 Å². The first-order valence-corrected chi connectivity index (χ1v) is 2.12. The van der Waals surface area contributed by atoms with E-state index in [1.807, 2.05) is 5.73 Å². The van der Waals surface area contributed by atoms with Crippen LogP contribution in [0.4, 0.5) is 0 Å². The largest absolute Gasteiger partial charge is 0.480 e. The van der Waals surface area contributed by atoms with E-state index in [9.17, 15) is 4.79 Å². The Hall–Kier alpha value is -0.570. The Morgan fingerprint density at radius 3 is 2.86 bits per heavy atom. The van der Waals surface area contributed by atoms with E-state index in [-0.39, 0.29) is 0 Å². The number of carboxylic acid groups (broad SMARTS) is 1. The van der Waals surface area contributed by atoms with Crippen LogP contribution in [0.25, 0.3) is 0 Å². The number of aliphatic carboxylic acids is 1. The standard InChI is InChI=1S/C4H9NO2/c1-2-3(5)4(6)7/h3H,2,5H2,1H3,(H,6,7)/i/hT. The molecule has 0 aromatic heterocycles. The van der Waals surface area contributed by atoms with Crippen LogP contribution < -0.4 is 5.73 Å². The molecule has 0 spiro atoms. The lowest BCUT2D eigenvalue weighted by Gasteiger charge is -1.97. The van der Waals surface area contributed by atoms with Crippen LogP contribution in [-0.4, -0.2) is 17.1 Å². The van der Waals surface area contributed by atoms with E-state index in [4.69, 9.17) is 6.52 Å². The van der Waals surface area contributed by atoms with Crippen molar-refractivity contribution in [3.63, 3.8) is 0 Å². The maximum atomic E-state index is 9.98. The molecule has 0 rings (SSSR count). The number of rotatable bonds is 3. The summed E-state index contributed by atoms with van der Waals surface area (Å²) in [6.07, 6.45) is 0.443. The minimum Gasteiger partial charge on any atom is -0.480 e. The molecular weight excluding hydrogens is 94.0 g/mol. The van der Waals surface area contributed by atoms with Crippen LogP contribution in [-0.2, 0) is 4.79 Å². The molecule has 0 amide bonds. The van der Waals surface area contributed by atoms with E-state index in [0.29, 0.717) is 6.42 Å². The Labute approximate surface area is 43.6 Å². The number of carboxylic acids is 1. The van der Waals surface area contributed by atoms with Crippen LogP contribution >= 0.6 is 0 Å².